The van der Waals surface area contributed by atoms with Gasteiger partial charge in [-0.25, -0.2) is 9.78 Å². The van der Waals surface area contributed by atoms with Crippen molar-refractivity contribution in [2.45, 2.75) is 5.33 Å². The maximum absolute atomic E-state index is 11.4. The van der Waals surface area contributed by atoms with E-state index in [1.807, 2.05) is 0 Å². The van der Waals surface area contributed by atoms with E-state index in [1.165, 1.54) is 0 Å². The Balaban J connectivity index is 2.32. The average molecular weight is 284 g/mol. The van der Waals surface area contributed by atoms with Gasteiger partial charge in [-0.2, -0.15) is 0 Å². The summed E-state index contributed by atoms with van der Waals surface area (Å²) < 4.78 is 15.5. The third kappa shape index (κ3) is 1.37. The molecule has 0 N–H and O–H groups in total. The molecule has 0 amide bonds. The summed E-state index contributed by atoms with van der Waals surface area (Å²) in [7, 11) is 0. The molecule has 0 aliphatic carbocycles. The van der Waals surface area contributed by atoms with E-state index in [2.05, 4.69) is 20.9 Å². The van der Waals surface area contributed by atoms with Crippen molar-refractivity contribution < 1.29 is 13.9 Å². The largest absolute Gasteiger partial charge is 0.454 e. The van der Waals surface area contributed by atoms with Crippen LogP contribution in [0.1, 0.15) is 5.69 Å². The third-order valence-electron chi connectivity index (χ3n) is 2.27. The van der Waals surface area contributed by atoms with E-state index in [0.29, 0.717) is 33.6 Å². The second-order valence-corrected chi connectivity index (χ2v) is 3.82. The lowest BCUT2D eigenvalue weighted by molar-refractivity contribution is 0.174. The van der Waals surface area contributed by atoms with E-state index >= 15 is 0 Å². The predicted octanol–water partition coefficient (Wildman–Crippen LogP) is 1.81. The van der Waals surface area contributed by atoms with Gasteiger partial charge in [-0.1, -0.05) is 15.9 Å². The first kappa shape index (κ1) is 9.65. The summed E-state index contributed by atoms with van der Waals surface area (Å²) in [5, 5.41) is 0.361. The van der Waals surface area contributed by atoms with Crippen LogP contribution in [0.3, 0.4) is 0 Å². The molecule has 1 aromatic heterocycles. The maximum Gasteiger partial charge on any atom is 0.359 e. The lowest BCUT2D eigenvalue weighted by Crippen LogP contribution is -2.08. The lowest BCUT2D eigenvalue weighted by atomic mass is 10.3. The molecule has 0 atom stereocenters. The molecule has 0 bridgehead atoms. The molecule has 16 heavy (non-hydrogen) atoms. The highest BCUT2D eigenvalue weighted by Gasteiger charge is 2.16. The molecule has 6 heteroatoms. The molecule has 0 saturated heterocycles. The van der Waals surface area contributed by atoms with Gasteiger partial charge in [-0.15, -0.1) is 0 Å². The molecule has 1 aliphatic heterocycles. The van der Waals surface area contributed by atoms with Crippen LogP contribution >= 0.6 is 15.9 Å². The highest BCUT2D eigenvalue weighted by molar-refractivity contribution is 9.08. The summed E-state index contributed by atoms with van der Waals surface area (Å²) in [5.74, 6) is 1.19. The second kappa shape index (κ2) is 3.48. The lowest BCUT2D eigenvalue weighted by Gasteiger charge is -2.00. The first-order chi connectivity index (χ1) is 7.78. The molecular formula is C10H6BrNO4. The number of hydrogen-bond acceptors (Lipinski definition) is 5. The number of aromatic nitrogens is 1. The second-order valence-electron chi connectivity index (χ2n) is 3.25. The number of benzene rings is 1. The molecule has 3 rings (SSSR count). The van der Waals surface area contributed by atoms with Crippen LogP contribution in [0.25, 0.3) is 11.1 Å². The molecule has 0 saturated carbocycles. The number of nitrogens with zero attached hydrogens (tertiary/aromatic N) is 1. The van der Waals surface area contributed by atoms with E-state index in [9.17, 15) is 4.79 Å². The minimum absolute atomic E-state index is 0.182. The standard InChI is InChI=1S/C10H6BrNO4/c11-3-6-10(13)16-7-2-9-8(14-4-15-9)1-5(7)12-6/h1-2H,3-4H2. The van der Waals surface area contributed by atoms with Gasteiger partial charge in [0, 0.05) is 12.1 Å². The van der Waals surface area contributed by atoms with Gasteiger partial charge < -0.3 is 13.9 Å². The van der Waals surface area contributed by atoms with Gasteiger partial charge in [0.05, 0.1) is 5.33 Å². The molecule has 2 heterocycles. The quantitative estimate of drug-likeness (QED) is 0.747. The fourth-order valence-electron chi connectivity index (χ4n) is 1.52. The zero-order valence-electron chi connectivity index (χ0n) is 8.03. The molecule has 0 unspecified atom stereocenters. The minimum atomic E-state index is -0.441. The summed E-state index contributed by atoms with van der Waals surface area (Å²) in [6.45, 7) is 0.182. The van der Waals surface area contributed by atoms with E-state index < -0.39 is 5.63 Å². The smallest absolute Gasteiger partial charge is 0.359 e. The normalized spacial score (nSPS) is 13.3. The Morgan fingerprint density at radius 2 is 2.06 bits per heavy atom. The van der Waals surface area contributed by atoms with Gasteiger partial charge >= 0.3 is 5.63 Å². The molecule has 0 spiro atoms. The van der Waals surface area contributed by atoms with Crippen LogP contribution in [-0.2, 0) is 5.33 Å². The molecule has 1 aromatic carbocycles. The van der Waals surface area contributed by atoms with Crippen molar-refractivity contribution in [1.82, 2.24) is 4.98 Å². The van der Waals surface area contributed by atoms with Crippen LogP contribution in [0.15, 0.2) is 21.3 Å². The average Bonchev–Trinajstić information content (AvgIpc) is 2.72. The van der Waals surface area contributed by atoms with Crippen molar-refractivity contribution in [3.8, 4) is 11.5 Å². The van der Waals surface area contributed by atoms with Crippen LogP contribution in [0.4, 0.5) is 0 Å². The van der Waals surface area contributed by atoms with Crippen LogP contribution in [0, 0.1) is 0 Å². The van der Waals surface area contributed by atoms with Crippen molar-refractivity contribution in [3.05, 3.63) is 28.2 Å². The first-order valence-corrected chi connectivity index (χ1v) is 5.69. The molecular weight excluding hydrogens is 278 g/mol. The van der Waals surface area contributed by atoms with Crippen LogP contribution < -0.4 is 15.1 Å². The van der Waals surface area contributed by atoms with E-state index in [4.69, 9.17) is 13.9 Å². The Hall–Kier alpha value is -1.56. The number of rotatable bonds is 1. The van der Waals surface area contributed by atoms with Gasteiger partial charge in [0.25, 0.3) is 0 Å². The molecule has 2 aromatic rings. The van der Waals surface area contributed by atoms with Crippen molar-refractivity contribution in [3.63, 3.8) is 0 Å². The Kier molecular flexibility index (Phi) is 2.10. The fraction of sp³-hybridized carbons (Fsp3) is 0.200. The van der Waals surface area contributed by atoms with Gasteiger partial charge in [0.2, 0.25) is 6.79 Å². The number of fused-ring (bicyclic) bond motifs is 2. The van der Waals surface area contributed by atoms with Crippen LogP contribution in [0.5, 0.6) is 11.5 Å². The monoisotopic (exact) mass is 283 g/mol. The van der Waals surface area contributed by atoms with E-state index in [1.54, 1.807) is 12.1 Å². The number of alkyl halides is 1. The summed E-state index contributed by atoms with van der Waals surface area (Å²) in [6, 6.07) is 3.32. The Bertz CT molecular complexity index is 622. The zero-order chi connectivity index (χ0) is 11.1. The topological polar surface area (TPSA) is 61.6 Å². The number of halogens is 1. The van der Waals surface area contributed by atoms with Crippen LogP contribution in [0.2, 0.25) is 0 Å². The molecule has 82 valence electrons. The fourth-order valence-corrected chi connectivity index (χ4v) is 1.87. The first-order valence-electron chi connectivity index (χ1n) is 4.57. The van der Waals surface area contributed by atoms with E-state index in [-0.39, 0.29) is 6.79 Å². The van der Waals surface area contributed by atoms with Gasteiger partial charge in [0.15, 0.2) is 17.1 Å². The highest BCUT2D eigenvalue weighted by Crippen LogP contribution is 2.35. The highest BCUT2D eigenvalue weighted by atomic mass is 79.9. The predicted molar refractivity (Wildman–Crippen MR) is 59.0 cm³/mol. The zero-order valence-corrected chi connectivity index (χ0v) is 9.61. The summed E-state index contributed by atoms with van der Waals surface area (Å²) in [4.78, 5) is 15.6. The summed E-state index contributed by atoms with van der Waals surface area (Å²) in [6.07, 6.45) is 0. The molecule has 0 radical (unpaired) electrons. The summed E-state index contributed by atoms with van der Waals surface area (Å²) in [5.41, 5.74) is 0.881. The SMILES string of the molecule is O=c1oc2cc3c(cc2nc1CBr)OCO3. The minimum Gasteiger partial charge on any atom is -0.454 e. The number of hydrogen-bond donors (Lipinski definition) is 0. The van der Waals surface area contributed by atoms with Crippen molar-refractivity contribution in [2.75, 3.05) is 6.79 Å². The van der Waals surface area contributed by atoms with Crippen molar-refractivity contribution in [2.24, 2.45) is 0 Å². The van der Waals surface area contributed by atoms with Gasteiger partial charge in [-0.3, -0.25) is 0 Å². The Morgan fingerprint density at radius 1 is 1.31 bits per heavy atom. The number of ether oxygens (including phenoxy) is 2. The van der Waals surface area contributed by atoms with Crippen molar-refractivity contribution in [1.29, 1.82) is 0 Å². The van der Waals surface area contributed by atoms with Crippen LogP contribution in [-0.4, -0.2) is 11.8 Å². The molecule has 5 nitrogen and oxygen atoms in total. The van der Waals surface area contributed by atoms with E-state index in [0.717, 1.165) is 0 Å². The Morgan fingerprint density at radius 3 is 2.81 bits per heavy atom. The van der Waals surface area contributed by atoms with Crippen molar-refractivity contribution >= 4 is 27.0 Å². The molecule has 1 aliphatic rings. The maximum atomic E-state index is 11.4. The van der Waals surface area contributed by atoms with Gasteiger partial charge in [-0.05, 0) is 0 Å². The third-order valence-corrected chi connectivity index (χ3v) is 2.81. The van der Waals surface area contributed by atoms with Gasteiger partial charge in [0.1, 0.15) is 11.2 Å². The Labute approximate surface area is 98.1 Å². The molecule has 0 fully saturated rings. The summed E-state index contributed by atoms with van der Waals surface area (Å²) >= 11 is 3.18.